The molecule has 0 aromatic heterocycles. The minimum atomic E-state index is -0.355. The molecule has 0 radical (unpaired) electrons. The van der Waals surface area contributed by atoms with E-state index in [1.807, 2.05) is 0 Å². The van der Waals surface area contributed by atoms with Gasteiger partial charge in [0.2, 0.25) is 0 Å². The second-order valence-electron chi connectivity index (χ2n) is 10.5. The Kier molecular flexibility index (Phi) is 4.73. The molecule has 4 nitrogen and oxygen atoms in total. The SMILES string of the molecule is CC(=O)OC1CC(O)CC2CC[C@@H]3[C@H](CC[C@]4(C)[C@@H](C(C)=O)CC[C@@H]34)[C@]21C. The van der Waals surface area contributed by atoms with Crippen LogP contribution in [0.1, 0.15) is 79.1 Å². The monoisotopic (exact) mass is 376 g/mol. The normalized spacial score (nSPS) is 51.7. The summed E-state index contributed by atoms with van der Waals surface area (Å²) in [5, 5.41) is 10.4. The molecule has 3 unspecified atom stereocenters. The number of ketones is 1. The predicted molar refractivity (Wildman–Crippen MR) is 103 cm³/mol. The Labute approximate surface area is 163 Å². The maximum Gasteiger partial charge on any atom is 0.302 e. The van der Waals surface area contributed by atoms with Crippen LogP contribution < -0.4 is 0 Å². The van der Waals surface area contributed by atoms with Gasteiger partial charge in [0.1, 0.15) is 11.9 Å². The minimum absolute atomic E-state index is 0.0382. The second kappa shape index (κ2) is 6.57. The van der Waals surface area contributed by atoms with Crippen LogP contribution in [0.2, 0.25) is 0 Å². The van der Waals surface area contributed by atoms with Crippen molar-refractivity contribution in [2.45, 2.75) is 91.3 Å². The molecule has 0 spiro atoms. The number of rotatable bonds is 2. The molecular weight excluding hydrogens is 340 g/mol. The molecule has 4 aliphatic rings. The standard InChI is InChI=1S/C23H36O4/c1-13(24)18-7-8-19-17-6-5-15-11-16(26)12-21(27-14(2)25)23(15,4)20(17)9-10-22(18,19)3/h15-21,26H,5-12H2,1-4H3/t15?,16?,17-,18+,19-,20-,21?,22+,23-/m0/s1. The van der Waals surface area contributed by atoms with Crippen molar-refractivity contribution in [2.75, 3.05) is 0 Å². The van der Waals surface area contributed by atoms with Crippen LogP contribution in [0, 0.1) is 40.4 Å². The summed E-state index contributed by atoms with van der Waals surface area (Å²) in [4.78, 5) is 24.1. The summed E-state index contributed by atoms with van der Waals surface area (Å²) in [5.41, 5.74) is 0.116. The first-order valence-electron chi connectivity index (χ1n) is 11.0. The van der Waals surface area contributed by atoms with E-state index in [1.54, 1.807) is 6.92 Å². The topological polar surface area (TPSA) is 63.6 Å². The second-order valence-corrected chi connectivity index (χ2v) is 10.5. The third-order valence-electron chi connectivity index (χ3n) is 9.50. The maximum atomic E-state index is 12.3. The van der Waals surface area contributed by atoms with E-state index in [2.05, 4.69) is 13.8 Å². The minimum Gasteiger partial charge on any atom is -0.462 e. The molecule has 0 amide bonds. The molecule has 0 bridgehead atoms. The van der Waals surface area contributed by atoms with Crippen LogP contribution >= 0.6 is 0 Å². The van der Waals surface area contributed by atoms with Gasteiger partial charge in [0, 0.05) is 24.7 Å². The van der Waals surface area contributed by atoms with Crippen molar-refractivity contribution in [2.24, 2.45) is 40.4 Å². The summed E-state index contributed by atoms with van der Waals surface area (Å²) in [6, 6.07) is 0. The van der Waals surface area contributed by atoms with Gasteiger partial charge in [-0.2, -0.15) is 0 Å². The quantitative estimate of drug-likeness (QED) is 0.736. The van der Waals surface area contributed by atoms with Crippen molar-refractivity contribution in [1.29, 1.82) is 0 Å². The first kappa shape index (κ1) is 19.4. The molecule has 4 saturated carbocycles. The third-order valence-corrected chi connectivity index (χ3v) is 9.50. The lowest BCUT2D eigenvalue weighted by Gasteiger charge is -2.62. The number of carbonyl (C=O) groups excluding carboxylic acids is 2. The molecule has 4 fully saturated rings. The summed E-state index contributed by atoms with van der Waals surface area (Å²) in [7, 11) is 0. The van der Waals surface area contributed by atoms with Gasteiger partial charge in [0.15, 0.2) is 0 Å². The molecular formula is C23H36O4. The number of Topliss-reactive ketones (excluding diaryl/α,β-unsaturated/α-hetero) is 1. The molecule has 0 aromatic rings. The highest BCUT2D eigenvalue weighted by molar-refractivity contribution is 5.79. The fourth-order valence-electron chi connectivity index (χ4n) is 8.31. The van der Waals surface area contributed by atoms with Gasteiger partial charge in [0.05, 0.1) is 6.10 Å². The number of carbonyl (C=O) groups is 2. The lowest BCUT2D eigenvalue weighted by molar-refractivity contribution is -0.201. The van der Waals surface area contributed by atoms with Crippen LogP contribution in [0.25, 0.3) is 0 Å². The Balaban J connectivity index is 1.66. The summed E-state index contributed by atoms with van der Waals surface area (Å²) < 4.78 is 5.83. The molecule has 152 valence electrons. The van der Waals surface area contributed by atoms with E-state index in [0.717, 1.165) is 32.1 Å². The van der Waals surface area contributed by atoms with Gasteiger partial charge < -0.3 is 9.84 Å². The summed E-state index contributed by atoms with van der Waals surface area (Å²) in [5.74, 6) is 2.59. The average molecular weight is 377 g/mol. The van der Waals surface area contributed by atoms with Crippen molar-refractivity contribution >= 4 is 11.8 Å². The first-order valence-corrected chi connectivity index (χ1v) is 11.0. The first-order chi connectivity index (χ1) is 12.7. The lowest BCUT2D eigenvalue weighted by Crippen LogP contribution is -2.60. The number of hydrogen-bond acceptors (Lipinski definition) is 4. The smallest absolute Gasteiger partial charge is 0.302 e. The number of fused-ring (bicyclic) bond motifs is 5. The van der Waals surface area contributed by atoms with E-state index in [0.29, 0.717) is 35.9 Å². The van der Waals surface area contributed by atoms with Crippen molar-refractivity contribution in [1.82, 2.24) is 0 Å². The van der Waals surface area contributed by atoms with E-state index in [1.165, 1.54) is 19.8 Å². The molecule has 0 aliphatic heterocycles. The average Bonchev–Trinajstić information content (AvgIpc) is 2.93. The largest absolute Gasteiger partial charge is 0.462 e. The Bertz CT molecular complexity index is 630. The van der Waals surface area contributed by atoms with E-state index in [9.17, 15) is 14.7 Å². The van der Waals surface area contributed by atoms with Gasteiger partial charge in [-0.3, -0.25) is 9.59 Å². The number of esters is 1. The highest BCUT2D eigenvalue weighted by Crippen LogP contribution is 2.67. The number of hydrogen-bond donors (Lipinski definition) is 1. The predicted octanol–water partition coefficient (Wildman–Crippen LogP) is 4.14. The summed E-state index contributed by atoms with van der Waals surface area (Å²) in [6.45, 7) is 7.98. The Hall–Kier alpha value is -0.900. The zero-order valence-electron chi connectivity index (χ0n) is 17.4. The number of ether oxygens (including phenoxy) is 1. The van der Waals surface area contributed by atoms with Gasteiger partial charge in [0.25, 0.3) is 0 Å². The van der Waals surface area contributed by atoms with Crippen LogP contribution in [-0.2, 0) is 14.3 Å². The number of aliphatic hydroxyl groups is 1. The molecule has 9 atom stereocenters. The third kappa shape index (κ3) is 2.81. The van der Waals surface area contributed by atoms with Gasteiger partial charge in [-0.1, -0.05) is 13.8 Å². The van der Waals surface area contributed by atoms with Gasteiger partial charge in [-0.25, -0.2) is 0 Å². The summed E-state index contributed by atoms with van der Waals surface area (Å²) >= 11 is 0. The highest BCUT2D eigenvalue weighted by Gasteiger charge is 2.63. The molecule has 0 heterocycles. The zero-order chi connectivity index (χ0) is 19.6. The van der Waals surface area contributed by atoms with Gasteiger partial charge in [-0.05, 0) is 81.0 Å². The van der Waals surface area contributed by atoms with E-state index < -0.39 is 0 Å². The van der Waals surface area contributed by atoms with E-state index >= 15 is 0 Å². The fraction of sp³-hybridized carbons (Fsp3) is 0.913. The number of aliphatic hydroxyl groups excluding tert-OH is 1. The van der Waals surface area contributed by atoms with Crippen molar-refractivity contribution in [3.8, 4) is 0 Å². The molecule has 4 rings (SSSR count). The molecule has 0 aromatic carbocycles. The Morgan fingerprint density at radius 3 is 2.37 bits per heavy atom. The highest BCUT2D eigenvalue weighted by atomic mass is 16.5. The van der Waals surface area contributed by atoms with Gasteiger partial charge >= 0.3 is 5.97 Å². The molecule has 4 aliphatic carbocycles. The van der Waals surface area contributed by atoms with Crippen molar-refractivity contribution in [3.63, 3.8) is 0 Å². The zero-order valence-corrected chi connectivity index (χ0v) is 17.4. The lowest BCUT2D eigenvalue weighted by atomic mass is 9.44. The Morgan fingerprint density at radius 1 is 0.963 bits per heavy atom. The van der Waals surface area contributed by atoms with Gasteiger partial charge in [-0.15, -0.1) is 0 Å². The molecule has 0 saturated heterocycles. The Morgan fingerprint density at radius 2 is 1.70 bits per heavy atom. The van der Waals surface area contributed by atoms with Crippen LogP contribution in [0.3, 0.4) is 0 Å². The van der Waals surface area contributed by atoms with Crippen molar-refractivity contribution < 1.29 is 19.4 Å². The molecule has 1 N–H and O–H groups in total. The van der Waals surface area contributed by atoms with E-state index in [-0.39, 0.29) is 34.9 Å². The fourth-order valence-corrected chi connectivity index (χ4v) is 8.31. The van der Waals surface area contributed by atoms with Crippen LogP contribution in [0.5, 0.6) is 0 Å². The summed E-state index contributed by atoms with van der Waals surface area (Å²) in [6.07, 6.45) is 7.67. The van der Waals surface area contributed by atoms with Crippen LogP contribution in [0.15, 0.2) is 0 Å². The maximum absolute atomic E-state index is 12.3. The molecule has 27 heavy (non-hydrogen) atoms. The molecule has 4 heteroatoms. The van der Waals surface area contributed by atoms with E-state index in [4.69, 9.17) is 4.74 Å². The van der Waals surface area contributed by atoms with Crippen LogP contribution in [-0.4, -0.2) is 29.1 Å². The van der Waals surface area contributed by atoms with Crippen molar-refractivity contribution in [3.05, 3.63) is 0 Å². The van der Waals surface area contributed by atoms with Crippen LogP contribution in [0.4, 0.5) is 0 Å².